The number of aliphatic hydroxyl groups excluding tert-OH is 2. The van der Waals surface area contributed by atoms with Crippen molar-refractivity contribution in [3.63, 3.8) is 0 Å². The van der Waals surface area contributed by atoms with E-state index in [0.717, 1.165) is 6.66 Å². The van der Waals surface area contributed by atoms with E-state index in [1.807, 2.05) is 0 Å². The monoisotopic (exact) mass is 302 g/mol. The standard InChI is InChI=1S/C6H13BO9P2/c1-17(10,16-18(11,12)13)14-2-3-4(8)5(9)6(7)15-3/h3-6,8-9H,2H2,1H3,(H2,11,12,13)/t3?,4-,5-,6-,17?/m1/s1. The molecule has 1 heterocycles. The van der Waals surface area contributed by atoms with Gasteiger partial charge in [-0.25, -0.2) is 8.88 Å². The molecule has 1 saturated heterocycles. The molecule has 18 heavy (non-hydrogen) atoms. The third-order valence-electron chi connectivity index (χ3n) is 2.13. The molecule has 0 bridgehead atoms. The van der Waals surface area contributed by atoms with Gasteiger partial charge < -0.3 is 29.3 Å². The quantitative estimate of drug-likeness (QED) is 0.354. The first kappa shape index (κ1) is 16.3. The van der Waals surface area contributed by atoms with Crippen LogP contribution in [0.3, 0.4) is 0 Å². The molecule has 0 aromatic heterocycles. The second kappa shape index (κ2) is 5.70. The smallest absolute Gasteiger partial charge is 0.388 e. The summed E-state index contributed by atoms with van der Waals surface area (Å²) in [6.07, 6.45) is -3.74. The summed E-state index contributed by atoms with van der Waals surface area (Å²) in [6.45, 7) is 0.351. The van der Waals surface area contributed by atoms with Gasteiger partial charge in [0.1, 0.15) is 20.1 Å². The lowest BCUT2D eigenvalue weighted by Gasteiger charge is -2.19. The summed E-state index contributed by atoms with van der Waals surface area (Å²) in [7, 11) is -3.68. The minimum atomic E-state index is -4.95. The van der Waals surface area contributed by atoms with Crippen LogP contribution >= 0.6 is 15.4 Å². The number of phosphoric acid groups is 1. The summed E-state index contributed by atoms with van der Waals surface area (Å²) in [5, 5.41) is 18.7. The van der Waals surface area contributed by atoms with E-state index in [4.69, 9.17) is 22.4 Å². The van der Waals surface area contributed by atoms with Crippen LogP contribution in [0, 0.1) is 0 Å². The van der Waals surface area contributed by atoms with Crippen LogP contribution in [0.2, 0.25) is 0 Å². The van der Waals surface area contributed by atoms with Crippen LogP contribution < -0.4 is 0 Å². The maximum Gasteiger partial charge on any atom is 0.476 e. The van der Waals surface area contributed by atoms with E-state index in [1.165, 1.54) is 0 Å². The lowest BCUT2D eigenvalue weighted by Crippen LogP contribution is -2.34. The van der Waals surface area contributed by atoms with Crippen molar-refractivity contribution in [3.8, 4) is 0 Å². The number of hydrogen-bond donors (Lipinski definition) is 4. The number of rotatable bonds is 5. The minimum Gasteiger partial charge on any atom is -0.388 e. The summed E-state index contributed by atoms with van der Waals surface area (Å²) in [5.74, 6) is 0. The fourth-order valence-corrected chi connectivity index (χ4v) is 3.49. The summed E-state index contributed by atoms with van der Waals surface area (Å²) >= 11 is 0. The van der Waals surface area contributed by atoms with E-state index in [2.05, 4.69) is 8.83 Å². The van der Waals surface area contributed by atoms with E-state index >= 15 is 0 Å². The molecule has 0 aliphatic carbocycles. The molecular formula is C6H13BO9P2. The average molecular weight is 302 g/mol. The van der Waals surface area contributed by atoms with E-state index in [0.29, 0.717) is 0 Å². The molecular weight excluding hydrogens is 289 g/mol. The van der Waals surface area contributed by atoms with Crippen molar-refractivity contribution in [2.45, 2.75) is 24.3 Å². The second-order valence-electron chi connectivity index (χ2n) is 3.76. The Bertz CT molecular complexity index is 383. The molecule has 0 amide bonds. The molecule has 2 radical (unpaired) electrons. The van der Waals surface area contributed by atoms with E-state index in [9.17, 15) is 19.3 Å². The van der Waals surface area contributed by atoms with Gasteiger partial charge in [0.05, 0.1) is 12.7 Å². The predicted molar refractivity (Wildman–Crippen MR) is 59.0 cm³/mol. The highest BCUT2D eigenvalue weighted by Crippen LogP contribution is 2.58. The van der Waals surface area contributed by atoms with Crippen LogP contribution in [-0.2, 0) is 22.7 Å². The van der Waals surface area contributed by atoms with Crippen LogP contribution in [0.15, 0.2) is 0 Å². The maximum absolute atomic E-state index is 11.5. The maximum atomic E-state index is 11.5. The zero-order chi connectivity index (χ0) is 14.1. The topological polar surface area (TPSA) is 143 Å². The van der Waals surface area contributed by atoms with Crippen molar-refractivity contribution in [1.82, 2.24) is 0 Å². The highest BCUT2D eigenvalue weighted by atomic mass is 31.3. The van der Waals surface area contributed by atoms with Crippen molar-refractivity contribution < 1.29 is 42.7 Å². The fraction of sp³-hybridized carbons (Fsp3) is 1.00. The summed E-state index contributed by atoms with van der Waals surface area (Å²) in [4.78, 5) is 17.0. The molecule has 0 saturated carbocycles. The van der Waals surface area contributed by atoms with Gasteiger partial charge in [0, 0.05) is 12.7 Å². The van der Waals surface area contributed by atoms with E-state index in [-0.39, 0.29) is 0 Å². The van der Waals surface area contributed by atoms with Crippen molar-refractivity contribution >= 4 is 23.3 Å². The summed E-state index contributed by atoms with van der Waals surface area (Å²) in [5.41, 5.74) is 0. The third kappa shape index (κ3) is 4.73. The van der Waals surface area contributed by atoms with Crippen molar-refractivity contribution in [3.05, 3.63) is 0 Å². The zero-order valence-corrected chi connectivity index (χ0v) is 11.1. The lowest BCUT2D eigenvalue weighted by atomic mass is 9.93. The Morgan fingerprint density at radius 2 is 1.83 bits per heavy atom. The first-order valence-corrected chi connectivity index (χ1v) is 8.30. The van der Waals surface area contributed by atoms with Crippen LogP contribution in [0.4, 0.5) is 0 Å². The largest absolute Gasteiger partial charge is 0.476 e. The van der Waals surface area contributed by atoms with Gasteiger partial charge in [-0.2, -0.15) is 0 Å². The first-order chi connectivity index (χ1) is 8.02. The predicted octanol–water partition coefficient (Wildman–Crippen LogP) is -1.45. The SMILES string of the molecule is [B][C@@H]1OC(COP(C)(=O)OP(=O)(O)O)[C@@H](O)[C@H]1O. The van der Waals surface area contributed by atoms with Crippen LogP contribution in [0.25, 0.3) is 0 Å². The molecule has 4 N–H and O–H groups in total. The van der Waals surface area contributed by atoms with Crippen molar-refractivity contribution in [2.24, 2.45) is 0 Å². The van der Waals surface area contributed by atoms with Gasteiger partial charge in [-0.05, 0) is 0 Å². The molecule has 1 rings (SSSR count). The number of hydrogen-bond acceptors (Lipinski definition) is 7. The highest BCUT2D eigenvalue weighted by Gasteiger charge is 2.41. The Balaban J connectivity index is 2.51. The molecule has 0 aromatic rings. The molecule has 9 nitrogen and oxygen atoms in total. The van der Waals surface area contributed by atoms with Gasteiger partial charge in [0.15, 0.2) is 0 Å². The van der Waals surface area contributed by atoms with Gasteiger partial charge in [-0.3, -0.25) is 4.57 Å². The summed E-state index contributed by atoms with van der Waals surface area (Å²) in [6, 6.07) is -1.12. The van der Waals surface area contributed by atoms with Crippen LogP contribution in [-0.4, -0.2) is 65.4 Å². The van der Waals surface area contributed by atoms with Gasteiger partial charge in [-0.1, -0.05) is 0 Å². The van der Waals surface area contributed by atoms with E-state index < -0.39 is 46.3 Å². The molecule has 12 heteroatoms. The van der Waals surface area contributed by atoms with Gasteiger partial charge in [-0.15, -0.1) is 0 Å². The molecule has 0 spiro atoms. The molecule has 1 fully saturated rings. The van der Waals surface area contributed by atoms with Crippen LogP contribution in [0.1, 0.15) is 0 Å². The zero-order valence-electron chi connectivity index (χ0n) is 9.32. The molecule has 104 valence electrons. The normalized spacial score (nSPS) is 36.5. The average Bonchev–Trinajstić information content (AvgIpc) is 2.39. The second-order valence-corrected chi connectivity index (χ2v) is 7.19. The Morgan fingerprint density at radius 1 is 1.28 bits per heavy atom. The Kier molecular flexibility index (Phi) is 5.17. The van der Waals surface area contributed by atoms with Crippen molar-refractivity contribution in [1.29, 1.82) is 0 Å². The van der Waals surface area contributed by atoms with Gasteiger partial charge >= 0.3 is 15.4 Å². The van der Waals surface area contributed by atoms with Gasteiger partial charge in [0.25, 0.3) is 0 Å². The lowest BCUT2D eigenvalue weighted by molar-refractivity contribution is -0.00439. The summed E-state index contributed by atoms with van der Waals surface area (Å²) < 4.78 is 35.5. The van der Waals surface area contributed by atoms with E-state index in [1.54, 1.807) is 0 Å². The third-order valence-corrected chi connectivity index (χ3v) is 4.78. The molecule has 2 unspecified atom stereocenters. The molecule has 5 atom stereocenters. The molecule has 1 aliphatic heterocycles. The Labute approximate surface area is 104 Å². The van der Waals surface area contributed by atoms with Crippen molar-refractivity contribution in [2.75, 3.05) is 13.3 Å². The number of ether oxygens (including phenoxy) is 1. The molecule has 1 aliphatic rings. The molecule has 0 aromatic carbocycles. The number of aliphatic hydroxyl groups is 2. The minimum absolute atomic E-state index is 0.500. The fourth-order valence-electron chi connectivity index (χ4n) is 1.34. The Hall–Kier alpha value is 0.245. The highest BCUT2D eigenvalue weighted by molar-refractivity contribution is 7.63. The van der Waals surface area contributed by atoms with Crippen LogP contribution in [0.5, 0.6) is 0 Å². The Morgan fingerprint density at radius 3 is 2.22 bits per heavy atom. The first-order valence-electron chi connectivity index (χ1n) is 4.78. The van der Waals surface area contributed by atoms with Gasteiger partial charge in [0.2, 0.25) is 0 Å².